The lowest BCUT2D eigenvalue weighted by atomic mass is 9.76. The van der Waals surface area contributed by atoms with Crippen LogP contribution >= 0.6 is 45.2 Å². The Balaban J connectivity index is 2.43. The summed E-state index contributed by atoms with van der Waals surface area (Å²) in [6.07, 6.45) is 21.7. The minimum atomic E-state index is -0.201. The molecule has 0 spiro atoms. The highest BCUT2D eigenvalue weighted by atomic mass is 127. The molecule has 2 rings (SSSR count). The van der Waals surface area contributed by atoms with E-state index >= 15 is 0 Å². The molecule has 0 aliphatic heterocycles. The fourth-order valence-electron chi connectivity index (χ4n) is 5.15. The quantitative estimate of drug-likeness (QED) is 0.165. The third-order valence-corrected chi connectivity index (χ3v) is 8.81. The number of allylic oxidation sites excluding steroid dienone is 4. The zero-order valence-electron chi connectivity index (χ0n) is 22.5. The van der Waals surface area contributed by atoms with Gasteiger partial charge in [0.05, 0.1) is 11.2 Å². The van der Waals surface area contributed by atoms with Gasteiger partial charge in [-0.05, 0) is 105 Å². The smallest absolute Gasteiger partial charge is 0.0922 e. The van der Waals surface area contributed by atoms with Gasteiger partial charge in [-0.25, -0.2) is 0 Å². The molecule has 0 N–H and O–H groups in total. The molecule has 0 saturated heterocycles. The summed E-state index contributed by atoms with van der Waals surface area (Å²) in [6.45, 7) is 18.6. The zero-order valence-corrected chi connectivity index (χ0v) is 26.9. The van der Waals surface area contributed by atoms with E-state index in [1.54, 1.807) is 0 Å². The van der Waals surface area contributed by atoms with Crippen molar-refractivity contribution in [3.05, 3.63) is 42.6 Å². The van der Waals surface area contributed by atoms with Gasteiger partial charge in [0, 0.05) is 7.16 Å². The summed E-state index contributed by atoms with van der Waals surface area (Å²) in [6, 6.07) is 0. The first-order valence-corrected chi connectivity index (χ1v) is 15.3. The summed E-state index contributed by atoms with van der Waals surface area (Å²) in [4.78, 5) is 0. The van der Waals surface area contributed by atoms with Gasteiger partial charge in [0.1, 0.15) is 0 Å². The van der Waals surface area contributed by atoms with Crippen LogP contribution in [-0.2, 0) is 4.74 Å². The molecule has 188 valence electrons. The van der Waals surface area contributed by atoms with E-state index in [0.29, 0.717) is 0 Å². The van der Waals surface area contributed by atoms with Gasteiger partial charge in [0.25, 0.3) is 0 Å². The maximum atomic E-state index is 7.41. The summed E-state index contributed by atoms with van der Waals surface area (Å²) >= 11 is 5.13. The van der Waals surface area contributed by atoms with Crippen LogP contribution in [0, 0.1) is 10.8 Å². The predicted molar refractivity (Wildman–Crippen MR) is 163 cm³/mol. The highest BCUT2D eigenvalue weighted by Gasteiger charge is 2.42. The topological polar surface area (TPSA) is 9.23 Å². The Kier molecular flexibility index (Phi) is 10.8. The van der Waals surface area contributed by atoms with Crippen molar-refractivity contribution in [2.24, 2.45) is 10.8 Å². The minimum Gasteiger partial charge on any atom is -0.360 e. The lowest BCUT2D eigenvalue weighted by molar-refractivity contribution is -0.116. The van der Waals surface area contributed by atoms with Gasteiger partial charge in [-0.1, -0.05) is 106 Å². The van der Waals surface area contributed by atoms with Crippen LogP contribution in [0.4, 0.5) is 0 Å². The Bertz CT molecular complexity index is 721. The van der Waals surface area contributed by atoms with Crippen LogP contribution in [0.3, 0.4) is 0 Å². The molecule has 0 aromatic heterocycles. The number of hydrogen-bond acceptors (Lipinski definition) is 1. The first-order valence-electron chi connectivity index (χ1n) is 13.2. The molecule has 3 heteroatoms. The van der Waals surface area contributed by atoms with Crippen LogP contribution < -0.4 is 0 Å². The van der Waals surface area contributed by atoms with Crippen LogP contribution in [0.15, 0.2) is 42.6 Å². The summed E-state index contributed by atoms with van der Waals surface area (Å²) in [5, 5.41) is 0. The molecular weight excluding hydrogens is 630 g/mol. The summed E-state index contributed by atoms with van der Waals surface area (Å²) < 4.78 is 10.2. The highest BCUT2D eigenvalue weighted by molar-refractivity contribution is 14.1. The number of hydrogen-bond donors (Lipinski definition) is 0. The van der Waals surface area contributed by atoms with E-state index in [1.165, 1.54) is 56.8 Å². The Labute approximate surface area is 232 Å². The number of halogens is 2. The van der Waals surface area contributed by atoms with Gasteiger partial charge in [-0.15, -0.1) is 0 Å². The van der Waals surface area contributed by atoms with Crippen molar-refractivity contribution >= 4 is 45.2 Å². The lowest BCUT2D eigenvalue weighted by Crippen LogP contribution is -2.45. The van der Waals surface area contributed by atoms with E-state index in [1.807, 2.05) is 0 Å². The molecule has 2 aliphatic rings. The Morgan fingerprint density at radius 3 is 1.33 bits per heavy atom. The molecule has 0 heterocycles. The molecule has 0 radical (unpaired) electrons. The maximum absolute atomic E-state index is 7.41. The second-order valence-electron chi connectivity index (χ2n) is 12.3. The first kappa shape index (κ1) is 29.6. The van der Waals surface area contributed by atoms with E-state index in [0.717, 1.165) is 25.7 Å². The van der Waals surface area contributed by atoms with Crippen LogP contribution in [0.1, 0.15) is 120 Å². The van der Waals surface area contributed by atoms with E-state index in [9.17, 15) is 0 Å². The van der Waals surface area contributed by atoms with Crippen LogP contribution in [0.5, 0.6) is 0 Å². The molecule has 0 aromatic carbocycles. The summed E-state index contributed by atoms with van der Waals surface area (Å²) in [5.41, 5.74) is 2.89. The number of unbranched alkanes of at least 4 members (excludes halogenated alkanes) is 4. The molecular formula is C30H48I2O. The fraction of sp³-hybridized carbons (Fsp3) is 0.733. The van der Waals surface area contributed by atoms with Crippen molar-refractivity contribution in [2.45, 2.75) is 131 Å². The highest BCUT2D eigenvalue weighted by Crippen LogP contribution is 2.48. The van der Waals surface area contributed by atoms with Crippen molar-refractivity contribution < 1.29 is 4.74 Å². The standard InChI is InChI=1S/C30H48I2O/c1-9-11-13-17-29(19-15-23(25(31)21-29)27(3,4)5)33-30(18-14-12-10-2)20-16-24(26(32)22-30)28(6,7)8/h15-16,21-22H,9-14,17-20H2,1-8H3. The summed E-state index contributed by atoms with van der Waals surface area (Å²) in [7, 11) is 0. The van der Waals surface area contributed by atoms with Crippen molar-refractivity contribution in [2.75, 3.05) is 0 Å². The molecule has 0 saturated carbocycles. The second-order valence-corrected chi connectivity index (χ2v) is 14.6. The SMILES string of the molecule is CCCCCC1(OC2(CCCCC)C=C(I)C(C(C)(C)C)=CC2)C=C(I)C(C(C)(C)C)=CC1. The van der Waals surface area contributed by atoms with Gasteiger partial charge in [0.2, 0.25) is 0 Å². The molecule has 0 amide bonds. The molecule has 0 aromatic rings. The second kappa shape index (κ2) is 12.1. The van der Waals surface area contributed by atoms with Crippen LogP contribution in [-0.4, -0.2) is 11.2 Å². The normalized spacial score (nSPS) is 26.5. The first-order chi connectivity index (χ1) is 15.3. The van der Waals surface area contributed by atoms with E-state index in [4.69, 9.17) is 4.74 Å². The van der Waals surface area contributed by atoms with Gasteiger partial charge in [-0.3, -0.25) is 0 Å². The van der Waals surface area contributed by atoms with Crippen molar-refractivity contribution in [1.29, 1.82) is 0 Å². The third-order valence-electron chi connectivity index (χ3n) is 7.03. The van der Waals surface area contributed by atoms with E-state index < -0.39 is 0 Å². The average Bonchev–Trinajstić information content (AvgIpc) is 2.66. The predicted octanol–water partition coefficient (Wildman–Crippen LogP) is 11.0. The Hall–Kier alpha value is 0.380. The maximum Gasteiger partial charge on any atom is 0.0922 e. The lowest BCUT2D eigenvalue weighted by Gasteiger charge is -2.45. The average molecular weight is 679 g/mol. The van der Waals surface area contributed by atoms with Gasteiger partial charge >= 0.3 is 0 Å². The van der Waals surface area contributed by atoms with Gasteiger partial charge in [0.15, 0.2) is 0 Å². The van der Waals surface area contributed by atoms with Gasteiger partial charge in [-0.2, -0.15) is 0 Å². The minimum absolute atomic E-state index is 0.173. The third kappa shape index (κ3) is 8.20. The van der Waals surface area contributed by atoms with Crippen molar-refractivity contribution in [3.63, 3.8) is 0 Å². The number of rotatable bonds is 10. The molecule has 2 aliphatic carbocycles. The molecule has 0 fully saturated rings. The zero-order chi connectivity index (χ0) is 24.9. The molecule has 0 bridgehead atoms. The van der Waals surface area contributed by atoms with Crippen LogP contribution in [0.2, 0.25) is 0 Å². The molecule has 1 nitrogen and oxygen atoms in total. The fourth-order valence-corrected chi connectivity index (χ4v) is 8.35. The monoisotopic (exact) mass is 678 g/mol. The van der Waals surface area contributed by atoms with E-state index in [2.05, 4.69) is 125 Å². The Morgan fingerprint density at radius 1 is 0.697 bits per heavy atom. The van der Waals surface area contributed by atoms with E-state index in [-0.39, 0.29) is 22.0 Å². The number of ether oxygens (including phenoxy) is 1. The van der Waals surface area contributed by atoms with Crippen LogP contribution in [0.25, 0.3) is 0 Å². The molecule has 33 heavy (non-hydrogen) atoms. The molecule has 2 atom stereocenters. The van der Waals surface area contributed by atoms with Crippen molar-refractivity contribution in [1.82, 2.24) is 0 Å². The van der Waals surface area contributed by atoms with Gasteiger partial charge < -0.3 is 4.74 Å². The summed E-state index contributed by atoms with van der Waals surface area (Å²) in [5.74, 6) is 0. The molecule has 2 unspecified atom stereocenters. The van der Waals surface area contributed by atoms with Crippen molar-refractivity contribution in [3.8, 4) is 0 Å². The largest absolute Gasteiger partial charge is 0.360 e. The Morgan fingerprint density at radius 2 is 1.06 bits per heavy atom.